The Hall–Kier alpha value is -3.27. The first kappa shape index (κ1) is 18.5. The lowest BCUT2D eigenvalue weighted by Crippen LogP contribution is -2.17. The summed E-state index contributed by atoms with van der Waals surface area (Å²) in [6.45, 7) is 0. The molecule has 10 heteroatoms. The molecule has 0 aliphatic heterocycles. The molecule has 0 atom stereocenters. The fourth-order valence-electron chi connectivity index (χ4n) is 2.18. The van der Waals surface area contributed by atoms with Crippen molar-refractivity contribution in [3.05, 3.63) is 60.4 Å². The van der Waals surface area contributed by atoms with Crippen LogP contribution in [0.5, 0.6) is 5.75 Å². The zero-order valence-electron chi connectivity index (χ0n) is 13.6. The van der Waals surface area contributed by atoms with Crippen LogP contribution in [-0.2, 0) is 0 Å². The Morgan fingerprint density at radius 2 is 1.78 bits per heavy atom. The molecule has 1 aromatic heterocycles. The molecule has 0 spiro atoms. The minimum absolute atomic E-state index is 0.299. The predicted molar refractivity (Wildman–Crippen MR) is 97.9 cm³/mol. The highest BCUT2D eigenvalue weighted by atomic mass is 32.1. The van der Waals surface area contributed by atoms with Crippen LogP contribution in [0.25, 0.3) is 17.1 Å². The molecule has 0 aliphatic carbocycles. The summed E-state index contributed by atoms with van der Waals surface area (Å²) in [6.07, 6.45) is -1.63. The van der Waals surface area contributed by atoms with Crippen LogP contribution in [-0.4, -0.2) is 32.8 Å². The van der Waals surface area contributed by atoms with E-state index in [9.17, 15) is 13.2 Å². The van der Waals surface area contributed by atoms with Crippen LogP contribution >= 0.6 is 12.2 Å². The van der Waals surface area contributed by atoms with Gasteiger partial charge in [-0.2, -0.15) is 5.10 Å². The third-order valence-electron chi connectivity index (χ3n) is 3.34. The van der Waals surface area contributed by atoms with Crippen LogP contribution in [0.2, 0.25) is 0 Å². The molecule has 0 radical (unpaired) electrons. The van der Waals surface area contributed by atoms with Crippen LogP contribution in [0.4, 0.5) is 13.2 Å². The third-order valence-corrected chi connectivity index (χ3v) is 3.44. The molecule has 3 aromatic rings. The largest absolute Gasteiger partial charge is 0.573 e. The van der Waals surface area contributed by atoms with Crippen LogP contribution < -0.4 is 10.2 Å². The van der Waals surface area contributed by atoms with Gasteiger partial charge in [-0.05, 0) is 29.8 Å². The lowest BCUT2D eigenvalue weighted by Gasteiger charge is -2.09. The number of ether oxygens (including phenoxy) is 1. The van der Waals surface area contributed by atoms with E-state index in [0.717, 1.165) is 11.1 Å². The van der Waals surface area contributed by atoms with Crippen molar-refractivity contribution in [2.75, 3.05) is 0 Å². The van der Waals surface area contributed by atoms with E-state index in [4.69, 9.17) is 0 Å². The number of halogens is 3. The maximum absolute atomic E-state index is 12.2. The highest BCUT2D eigenvalue weighted by Crippen LogP contribution is 2.24. The molecule has 0 aliphatic rings. The summed E-state index contributed by atoms with van der Waals surface area (Å²) >= 11 is 4.60. The number of benzene rings is 2. The Balaban J connectivity index is 1.73. The first-order valence-electron chi connectivity index (χ1n) is 7.55. The van der Waals surface area contributed by atoms with Crippen molar-refractivity contribution in [3.63, 3.8) is 0 Å². The van der Waals surface area contributed by atoms with E-state index in [0.29, 0.717) is 11.5 Å². The number of aromatic nitrogens is 3. The molecule has 3 rings (SSSR count). The van der Waals surface area contributed by atoms with Crippen LogP contribution in [0, 0.1) is 0 Å². The zero-order chi connectivity index (χ0) is 19.3. The third kappa shape index (κ3) is 5.11. The number of hydrazone groups is 1. The number of thiocarbonyl (C=S) groups is 1. The van der Waals surface area contributed by atoms with Crippen LogP contribution in [0.3, 0.4) is 0 Å². The Labute approximate surface area is 157 Å². The quantitative estimate of drug-likeness (QED) is 0.394. The normalized spacial score (nSPS) is 11.5. The van der Waals surface area contributed by atoms with E-state index in [1.807, 2.05) is 24.3 Å². The van der Waals surface area contributed by atoms with E-state index >= 15 is 0 Å². The lowest BCUT2D eigenvalue weighted by molar-refractivity contribution is -0.274. The van der Waals surface area contributed by atoms with Crippen molar-refractivity contribution >= 4 is 23.9 Å². The molecule has 0 amide bonds. The fourth-order valence-corrected chi connectivity index (χ4v) is 2.24. The minimum atomic E-state index is -4.72. The standard InChI is InChI=1S/C17H12F3N5OS/c18-17(19,20)26-15-7-5-14(6-8-15)25-10-21-16(24-25)13-3-1-12(2-4-13)9-22-23-11-27/h1-11H,(H,23,27)/b22-9+. The van der Waals surface area contributed by atoms with Gasteiger partial charge in [0.1, 0.15) is 12.1 Å². The van der Waals surface area contributed by atoms with E-state index in [-0.39, 0.29) is 5.75 Å². The molecule has 0 bridgehead atoms. The Morgan fingerprint density at radius 3 is 2.41 bits per heavy atom. The molecule has 0 fully saturated rings. The summed E-state index contributed by atoms with van der Waals surface area (Å²) < 4.78 is 41.9. The summed E-state index contributed by atoms with van der Waals surface area (Å²) in [5, 5.41) is 8.22. The first-order valence-corrected chi connectivity index (χ1v) is 8.02. The first-order chi connectivity index (χ1) is 12.9. The maximum atomic E-state index is 12.2. The monoisotopic (exact) mass is 391 g/mol. The van der Waals surface area contributed by atoms with Crippen molar-refractivity contribution < 1.29 is 17.9 Å². The smallest absolute Gasteiger partial charge is 0.406 e. The predicted octanol–water partition coefficient (Wildman–Crippen LogP) is 3.71. The molecule has 6 nitrogen and oxygen atoms in total. The van der Waals surface area contributed by atoms with Crippen molar-refractivity contribution in [2.45, 2.75) is 6.36 Å². The van der Waals surface area contributed by atoms with Crippen LogP contribution in [0.1, 0.15) is 5.56 Å². The van der Waals surface area contributed by atoms with Gasteiger partial charge >= 0.3 is 6.36 Å². The minimum Gasteiger partial charge on any atom is -0.406 e. The van der Waals surface area contributed by atoms with Gasteiger partial charge in [0, 0.05) is 5.56 Å². The van der Waals surface area contributed by atoms with E-state index in [2.05, 4.69) is 37.6 Å². The summed E-state index contributed by atoms with van der Waals surface area (Å²) in [5.74, 6) is 0.179. The van der Waals surface area contributed by atoms with Gasteiger partial charge in [0.25, 0.3) is 0 Å². The Kier molecular flexibility index (Phi) is 5.46. The molecule has 27 heavy (non-hydrogen) atoms. The van der Waals surface area contributed by atoms with E-state index in [1.165, 1.54) is 40.8 Å². The van der Waals surface area contributed by atoms with Gasteiger partial charge in [-0.1, -0.05) is 36.5 Å². The number of nitrogens with zero attached hydrogens (tertiary/aromatic N) is 4. The number of nitrogens with one attached hydrogen (secondary N) is 1. The molecule has 2 aromatic carbocycles. The summed E-state index contributed by atoms with van der Waals surface area (Å²) in [5.41, 5.74) is 6.04. The fraction of sp³-hybridized carbons (Fsp3) is 0.0588. The number of hydrogen-bond donors (Lipinski definition) is 1. The highest BCUT2D eigenvalue weighted by molar-refractivity contribution is 7.78. The van der Waals surface area contributed by atoms with Crippen molar-refractivity contribution in [1.82, 2.24) is 20.2 Å². The van der Waals surface area contributed by atoms with Gasteiger partial charge in [-0.15, -0.1) is 18.3 Å². The number of alkyl halides is 3. The maximum Gasteiger partial charge on any atom is 0.573 e. The van der Waals surface area contributed by atoms with Crippen molar-refractivity contribution in [2.24, 2.45) is 5.10 Å². The molecule has 0 saturated carbocycles. The summed E-state index contributed by atoms with van der Waals surface area (Å²) in [7, 11) is 0. The number of hydrogen-bond acceptors (Lipinski definition) is 5. The van der Waals surface area contributed by atoms with Gasteiger partial charge in [-0.3, -0.25) is 5.43 Å². The topological polar surface area (TPSA) is 64.3 Å². The number of rotatable bonds is 6. The van der Waals surface area contributed by atoms with Gasteiger partial charge in [0.05, 0.1) is 17.4 Å². The van der Waals surface area contributed by atoms with Crippen molar-refractivity contribution in [3.8, 4) is 22.8 Å². The molecular weight excluding hydrogens is 379 g/mol. The Morgan fingerprint density at radius 1 is 1.07 bits per heavy atom. The van der Waals surface area contributed by atoms with Crippen molar-refractivity contribution in [1.29, 1.82) is 0 Å². The van der Waals surface area contributed by atoms with Gasteiger partial charge in [0.15, 0.2) is 5.82 Å². The summed E-state index contributed by atoms with van der Waals surface area (Å²) in [4.78, 5) is 4.23. The molecule has 0 unspecified atom stereocenters. The molecule has 138 valence electrons. The molecule has 0 saturated heterocycles. The Bertz CT molecular complexity index is 936. The average molecular weight is 391 g/mol. The second kappa shape index (κ2) is 7.96. The SMILES string of the molecule is FC(F)(F)Oc1ccc(-n2cnc(-c3ccc(/C=N/NC=S)cc3)n2)cc1. The van der Waals surface area contributed by atoms with Gasteiger partial charge < -0.3 is 4.74 Å². The lowest BCUT2D eigenvalue weighted by atomic mass is 10.1. The second-order valence-electron chi connectivity index (χ2n) is 5.18. The van der Waals surface area contributed by atoms with Gasteiger partial charge in [0.2, 0.25) is 0 Å². The molecule has 1 heterocycles. The summed E-state index contributed by atoms with van der Waals surface area (Å²) in [6, 6.07) is 12.7. The average Bonchev–Trinajstić information content (AvgIpc) is 3.12. The van der Waals surface area contributed by atoms with Gasteiger partial charge in [-0.25, -0.2) is 9.67 Å². The van der Waals surface area contributed by atoms with Crippen LogP contribution in [0.15, 0.2) is 60.0 Å². The molecule has 1 N–H and O–H groups in total. The highest BCUT2D eigenvalue weighted by Gasteiger charge is 2.30. The van der Waals surface area contributed by atoms with E-state index in [1.54, 1.807) is 6.21 Å². The molecular formula is C17H12F3N5OS. The van der Waals surface area contributed by atoms with E-state index < -0.39 is 6.36 Å². The zero-order valence-corrected chi connectivity index (χ0v) is 14.4. The second-order valence-corrected chi connectivity index (χ2v) is 5.42.